The zero-order chi connectivity index (χ0) is 17.3. The van der Waals surface area contributed by atoms with Crippen molar-refractivity contribution in [2.45, 2.75) is 51.6 Å². The van der Waals surface area contributed by atoms with Crippen molar-refractivity contribution in [2.24, 2.45) is 11.3 Å². The molecular weight excluding hydrogens is 312 g/mol. The van der Waals surface area contributed by atoms with E-state index in [9.17, 15) is 0 Å². The van der Waals surface area contributed by atoms with E-state index in [0.717, 1.165) is 49.5 Å². The summed E-state index contributed by atoms with van der Waals surface area (Å²) in [4.78, 5) is 0. The van der Waals surface area contributed by atoms with Crippen LogP contribution in [0, 0.1) is 11.3 Å². The number of ether oxygens (including phenoxy) is 1. The van der Waals surface area contributed by atoms with Gasteiger partial charge in [0, 0.05) is 36.9 Å². The standard InChI is InChI=1S/C21H28N2O2/c1-21(2)16(13-20(21)22-17-8-10-24-11-9-17)12-18-14-19(25-23-18)15-6-4-3-5-7-15/h3-7,14,16-17,20,22H,8-13H2,1-2H3/t16-,20+/m1/s1. The highest BCUT2D eigenvalue weighted by molar-refractivity contribution is 5.56. The Morgan fingerprint density at radius 1 is 1.16 bits per heavy atom. The summed E-state index contributed by atoms with van der Waals surface area (Å²) >= 11 is 0. The Kier molecular flexibility index (Phi) is 4.65. The van der Waals surface area contributed by atoms with Crippen LogP contribution in [-0.4, -0.2) is 30.5 Å². The van der Waals surface area contributed by atoms with Gasteiger partial charge in [-0.05, 0) is 37.0 Å². The lowest BCUT2D eigenvalue weighted by molar-refractivity contribution is -0.00756. The second-order valence-electron chi connectivity index (χ2n) is 8.11. The number of hydrogen-bond donors (Lipinski definition) is 1. The van der Waals surface area contributed by atoms with E-state index in [0.29, 0.717) is 23.4 Å². The molecule has 0 unspecified atom stereocenters. The molecule has 2 aromatic rings. The lowest BCUT2D eigenvalue weighted by Gasteiger charge is -2.54. The van der Waals surface area contributed by atoms with Crippen molar-refractivity contribution in [3.05, 3.63) is 42.1 Å². The van der Waals surface area contributed by atoms with E-state index in [2.05, 4.69) is 42.5 Å². The maximum atomic E-state index is 5.56. The van der Waals surface area contributed by atoms with Crippen molar-refractivity contribution >= 4 is 0 Å². The summed E-state index contributed by atoms with van der Waals surface area (Å²) in [6.45, 7) is 6.57. The van der Waals surface area contributed by atoms with Gasteiger partial charge in [0.1, 0.15) is 0 Å². The second kappa shape index (κ2) is 6.93. The van der Waals surface area contributed by atoms with E-state index < -0.39 is 0 Å². The molecule has 1 aliphatic carbocycles. The Morgan fingerprint density at radius 3 is 2.64 bits per heavy atom. The van der Waals surface area contributed by atoms with Gasteiger partial charge < -0.3 is 14.6 Å². The largest absolute Gasteiger partial charge is 0.381 e. The lowest BCUT2D eigenvalue weighted by Crippen LogP contribution is -2.60. The molecule has 1 aromatic carbocycles. The zero-order valence-electron chi connectivity index (χ0n) is 15.2. The van der Waals surface area contributed by atoms with Crippen molar-refractivity contribution in [3.63, 3.8) is 0 Å². The van der Waals surface area contributed by atoms with Crippen molar-refractivity contribution in [2.75, 3.05) is 13.2 Å². The van der Waals surface area contributed by atoms with Crippen LogP contribution in [0.1, 0.15) is 38.8 Å². The molecule has 0 spiro atoms. The minimum absolute atomic E-state index is 0.296. The van der Waals surface area contributed by atoms with Gasteiger partial charge >= 0.3 is 0 Å². The van der Waals surface area contributed by atoms with Crippen LogP contribution in [0.25, 0.3) is 11.3 Å². The highest BCUT2D eigenvalue weighted by Crippen LogP contribution is 2.48. The summed E-state index contributed by atoms with van der Waals surface area (Å²) in [7, 11) is 0. The van der Waals surface area contributed by atoms with Crippen LogP contribution in [0.15, 0.2) is 40.9 Å². The number of aromatic nitrogens is 1. The predicted molar refractivity (Wildman–Crippen MR) is 98.3 cm³/mol. The third kappa shape index (κ3) is 3.51. The molecule has 4 nitrogen and oxygen atoms in total. The first-order valence-corrected chi connectivity index (χ1v) is 9.48. The Labute approximate surface area is 149 Å². The van der Waals surface area contributed by atoms with E-state index >= 15 is 0 Å². The van der Waals surface area contributed by atoms with Gasteiger partial charge in [-0.25, -0.2) is 0 Å². The zero-order valence-corrected chi connectivity index (χ0v) is 15.2. The third-order valence-corrected chi connectivity index (χ3v) is 6.20. The van der Waals surface area contributed by atoms with Crippen molar-refractivity contribution in [1.29, 1.82) is 0 Å². The van der Waals surface area contributed by atoms with Gasteiger partial charge in [0.05, 0.1) is 5.69 Å². The molecule has 4 heteroatoms. The topological polar surface area (TPSA) is 47.3 Å². The van der Waals surface area contributed by atoms with E-state index in [4.69, 9.17) is 9.26 Å². The third-order valence-electron chi connectivity index (χ3n) is 6.20. The number of nitrogens with one attached hydrogen (secondary N) is 1. The molecule has 2 heterocycles. The van der Waals surface area contributed by atoms with E-state index in [1.165, 1.54) is 6.42 Å². The fourth-order valence-corrected chi connectivity index (χ4v) is 4.19. The summed E-state index contributed by atoms with van der Waals surface area (Å²) in [6, 6.07) is 13.5. The molecule has 0 amide bonds. The minimum atomic E-state index is 0.296. The Hall–Kier alpha value is -1.65. The summed E-state index contributed by atoms with van der Waals surface area (Å²) in [5.74, 6) is 1.52. The van der Waals surface area contributed by atoms with Gasteiger partial charge in [-0.2, -0.15) is 0 Å². The highest BCUT2D eigenvalue weighted by Gasteiger charge is 2.48. The molecule has 2 atom stereocenters. The fourth-order valence-electron chi connectivity index (χ4n) is 4.19. The first-order valence-electron chi connectivity index (χ1n) is 9.48. The summed E-state index contributed by atoms with van der Waals surface area (Å²) < 4.78 is 11.0. The SMILES string of the molecule is CC1(C)[C@H](Cc2cc(-c3ccccc3)on2)C[C@@H]1NC1CCOCC1. The van der Waals surface area contributed by atoms with Crippen LogP contribution in [-0.2, 0) is 11.2 Å². The molecular formula is C21H28N2O2. The molecule has 0 bridgehead atoms. The first-order chi connectivity index (χ1) is 12.1. The van der Waals surface area contributed by atoms with Crippen molar-refractivity contribution in [3.8, 4) is 11.3 Å². The van der Waals surface area contributed by atoms with Crippen molar-refractivity contribution in [1.82, 2.24) is 10.5 Å². The van der Waals surface area contributed by atoms with E-state index in [1.54, 1.807) is 0 Å². The van der Waals surface area contributed by atoms with Crippen LogP contribution in [0.2, 0.25) is 0 Å². The van der Waals surface area contributed by atoms with Gasteiger partial charge in [-0.1, -0.05) is 49.3 Å². The van der Waals surface area contributed by atoms with Crippen molar-refractivity contribution < 1.29 is 9.26 Å². The van der Waals surface area contributed by atoms with Crippen LogP contribution < -0.4 is 5.32 Å². The summed E-state index contributed by atoms with van der Waals surface area (Å²) in [5, 5.41) is 8.18. The number of rotatable bonds is 5. The summed E-state index contributed by atoms with van der Waals surface area (Å²) in [5.41, 5.74) is 2.46. The maximum Gasteiger partial charge on any atom is 0.167 e. The molecule has 1 N–H and O–H groups in total. The highest BCUT2D eigenvalue weighted by atomic mass is 16.5. The van der Waals surface area contributed by atoms with Crippen LogP contribution in [0.3, 0.4) is 0 Å². The number of hydrogen-bond acceptors (Lipinski definition) is 4. The molecule has 25 heavy (non-hydrogen) atoms. The van der Waals surface area contributed by atoms with Crippen LogP contribution >= 0.6 is 0 Å². The molecule has 1 aliphatic heterocycles. The molecule has 1 saturated carbocycles. The fraction of sp³-hybridized carbons (Fsp3) is 0.571. The van der Waals surface area contributed by atoms with Gasteiger partial charge in [-0.15, -0.1) is 0 Å². The average Bonchev–Trinajstić information content (AvgIpc) is 3.11. The molecule has 4 rings (SSSR count). The molecule has 1 saturated heterocycles. The number of benzene rings is 1. The van der Waals surface area contributed by atoms with Gasteiger partial charge in [-0.3, -0.25) is 0 Å². The quantitative estimate of drug-likeness (QED) is 0.891. The first kappa shape index (κ1) is 16.8. The molecule has 2 fully saturated rings. The summed E-state index contributed by atoms with van der Waals surface area (Å²) in [6.07, 6.45) is 4.50. The second-order valence-corrected chi connectivity index (χ2v) is 8.11. The van der Waals surface area contributed by atoms with Crippen LogP contribution in [0.4, 0.5) is 0 Å². The average molecular weight is 340 g/mol. The molecule has 1 aromatic heterocycles. The number of nitrogens with zero attached hydrogens (tertiary/aromatic N) is 1. The molecule has 134 valence electrons. The Balaban J connectivity index is 1.35. The van der Waals surface area contributed by atoms with Crippen LogP contribution in [0.5, 0.6) is 0 Å². The lowest BCUT2D eigenvalue weighted by atomic mass is 9.57. The Bertz CT molecular complexity index is 689. The normalized spacial score (nSPS) is 26.3. The van der Waals surface area contributed by atoms with Gasteiger partial charge in [0.25, 0.3) is 0 Å². The van der Waals surface area contributed by atoms with E-state index in [-0.39, 0.29) is 0 Å². The monoisotopic (exact) mass is 340 g/mol. The smallest absolute Gasteiger partial charge is 0.167 e. The maximum absolute atomic E-state index is 5.56. The minimum Gasteiger partial charge on any atom is -0.381 e. The molecule has 0 radical (unpaired) electrons. The Morgan fingerprint density at radius 2 is 1.92 bits per heavy atom. The van der Waals surface area contributed by atoms with Gasteiger partial charge in [0.15, 0.2) is 5.76 Å². The molecule has 2 aliphatic rings. The van der Waals surface area contributed by atoms with E-state index in [1.807, 2.05) is 18.2 Å². The predicted octanol–water partition coefficient (Wildman–Crippen LogP) is 4.07. The van der Waals surface area contributed by atoms with Gasteiger partial charge in [0.2, 0.25) is 0 Å².